The average molecular weight is 373 g/mol. The third kappa shape index (κ3) is 12.3. The molecule has 0 aliphatic rings. The Balaban J connectivity index is 0.000000555. The first-order valence-electron chi connectivity index (χ1n) is 4.84. The molecule has 0 unspecified atom stereocenters. The SMILES string of the molecule is C[N+](C)=CC=C(Cl)c1ccc(Br)cc1.[O-][Cl+3]([O-])([O-])[O-]. The Labute approximate surface area is 126 Å². The molecule has 0 heterocycles. The van der Waals surface area contributed by atoms with Crippen molar-refractivity contribution in [2.45, 2.75) is 0 Å². The number of hydrogen-bond donors (Lipinski definition) is 0. The fourth-order valence-electron chi connectivity index (χ4n) is 0.920. The molecule has 8 heteroatoms. The van der Waals surface area contributed by atoms with E-state index in [0.29, 0.717) is 0 Å². The fourth-order valence-corrected chi connectivity index (χ4v) is 1.37. The highest BCUT2D eigenvalue weighted by Gasteiger charge is 1.97. The van der Waals surface area contributed by atoms with Crippen LogP contribution in [-0.4, -0.2) is 24.9 Å². The van der Waals surface area contributed by atoms with E-state index in [9.17, 15) is 0 Å². The van der Waals surface area contributed by atoms with Crippen LogP contribution >= 0.6 is 27.5 Å². The lowest BCUT2D eigenvalue weighted by Gasteiger charge is -2.17. The van der Waals surface area contributed by atoms with Gasteiger partial charge in [-0.25, -0.2) is 23.2 Å². The van der Waals surface area contributed by atoms with Gasteiger partial charge in [-0.15, -0.1) is 10.2 Å². The fraction of sp³-hybridized carbons (Fsp3) is 0.182. The van der Waals surface area contributed by atoms with Crippen LogP contribution in [-0.2, 0) is 0 Å². The molecule has 0 aliphatic heterocycles. The minimum atomic E-state index is -4.94. The molecule has 0 aliphatic carbocycles. The number of allylic oxidation sites excluding steroid dienone is 1. The van der Waals surface area contributed by atoms with Gasteiger partial charge in [0.25, 0.3) is 0 Å². The molecule has 0 N–H and O–H groups in total. The van der Waals surface area contributed by atoms with Gasteiger partial charge in [0.05, 0.1) is 5.03 Å². The van der Waals surface area contributed by atoms with Crippen LogP contribution in [0.2, 0.25) is 0 Å². The molecule has 1 aromatic carbocycles. The van der Waals surface area contributed by atoms with Crippen LogP contribution in [0.1, 0.15) is 5.56 Å². The molecular weight excluding hydrogens is 361 g/mol. The first-order chi connectivity index (χ1) is 8.59. The van der Waals surface area contributed by atoms with E-state index in [-0.39, 0.29) is 0 Å². The minimum Gasteiger partial charge on any atom is -0.241 e. The van der Waals surface area contributed by atoms with Gasteiger partial charge in [0.1, 0.15) is 14.1 Å². The van der Waals surface area contributed by atoms with E-state index in [0.717, 1.165) is 15.1 Å². The molecule has 0 saturated carbocycles. The standard InChI is InChI=1S/C11H12BrClN.ClHO4/c1-14(2)8-7-11(13)9-3-5-10(12)6-4-9;2-1(3,4)5/h3-8H,1-2H3;(H,2,3,4,5)/q+1;/p-1. The van der Waals surface area contributed by atoms with Gasteiger partial charge >= 0.3 is 0 Å². The van der Waals surface area contributed by atoms with Crippen LogP contribution in [0, 0.1) is 10.2 Å². The van der Waals surface area contributed by atoms with Crippen molar-refractivity contribution in [2.24, 2.45) is 0 Å². The first-order valence-corrected chi connectivity index (χ1v) is 7.25. The van der Waals surface area contributed by atoms with Crippen LogP contribution in [0.15, 0.2) is 34.8 Å². The van der Waals surface area contributed by atoms with Gasteiger partial charge in [-0.1, -0.05) is 39.7 Å². The summed E-state index contributed by atoms with van der Waals surface area (Å²) in [6, 6.07) is 7.90. The second-order valence-corrected chi connectivity index (χ2v) is 5.59. The van der Waals surface area contributed by atoms with E-state index in [4.69, 9.17) is 30.2 Å². The van der Waals surface area contributed by atoms with Crippen molar-refractivity contribution in [3.63, 3.8) is 0 Å². The van der Waals surface area contributed by atoms with Gasteiger partial charge in [0, 0.05) is 10.5 Å². The normalized spacial score (nSPS) is 11.5. The minimum absolute atomic E-state index is 0.742. The maximum absolute atomic E-state index is 8.49. The van der Waals surface area contributed by atoms with Crippen molar-refractivity contribution >= 4 is 38.8 Å². The highest BCUT2D eigenvalue weighted by atomic mass is 79.9. The molecule has 0 radical (unpaired) electrons. The molecule has 0 atom stereocenters. The van der Waals surface area contributed by atoms with E-state index in [2.05, 4.69) is 15.9 Å². The number of benzene rings is 1. The summed E-state index contributed by atoms with van der Waals surface area (Å²) in [7, 11) is -1.02. The van der Waals surface area contributed by atoms with Crippen LogP contribution in [0.3, 0.4) is 0 Å². The van der Waals surface area contributed by atoms with E-state index in [1.54, 1.807) is 0 Å². The molecule has 0 fully saturated rings. The number of hydrogen-bond acceptors (Lipinski definition) is 4. The maximum atomic E-state index is 8.49. The van der Waals surface area contributed by atoms with Crippen LogP contribution in [0.4, 0.5) is 0 Å². The lowest BCUT2D eigenvalue weighted by Crippen LogP contribution is -2.68. The van der Waals surface area contributed by atoms with Gasteiger partial charge in [0.15, 0.2) is 6.21 Å². The Morgan fingerprint density at radius 1 is 1.16 bits per heavy atom. The van der Waals surface area contributed by atoms with Gasteiger partial charge in [0.2, 0.25) is 0 Å². The summed E-state index contributed by atoms with van der Waals surface area (Å²) in [6.07, 6.45) is 3.80. The van der Waals surface area contributed by atoms with Gasteiger partial charge in [-0.2, -0.15) is 0 Å². The molecule has 106 valence electrons. The largest absolute Gasteiger partial charge is 0.241 e. The second-order valence-electron chi connectivity index (χ2n) is 3.51. The molecule has 0 amide bonds. The average Bonchev–Trinajstić information content (AvgIpc) is 2.24. The summed E-state index contributed by atoms with van der Waals surface area (Å²) in [5.74, 6) is 0. The zero-order valence-electron chi connectivity index (χ0n) is 10.2. The van der Waals surface area contributed by atoms with Crippen LogP contribution in [0.25, 0.3) is 5.03 Å². The molecule has 0 bridgehead atoms. The van der Waals surface area contributed by atoms with Crippen molar-refractivity contribution in [3.8, 4) is 0 Å². The van der Waals surface area contributed by atoms with Crippen molar-refractivity contribution < 1.29 is 33.5 Å². The molecule has 0 aromatic heterocycles. The molecule has 5 nitrogen and oxygen atoms in total. The molecule has 1 aromatic rings. The Hall–Kier alpha value is -0.470. The summed E-state index contributed by atoms with van der Waals surface area (Å²) in [5, 5.41) is 0.742. The van der Waals surface area contributed by atoms with Crippen molar-refractivity contribution in [1.29, 1.82) is 0 Å². The van der Waals surface area contributed by atoms with Crippen molar-refractivity contribution in [3.05, 3.63) is 40.4 Å². The third-order valence-corrected chi connectivity index (χ3v) is 2.51. The Morgan fingerprint density at radius 3 is 1.95 bits per heavy atom. The van der Waals surface area contributed by atoms with Gasteiger partial charge in [-0.3, -0.25) is 0 Å². The molecule has 19 heavy (non-hydrogen) atoms. The Bertz CT molecular complexity index is 445. The van der Waals surface area contributed by atoms with Gasteiger partial charge < -0.3 is 0 Å². The summed E-state index contributed by atoms with van der Waals surface area (Å²) >= 11 is 9.47. The molecule has 1 rings (SSSR count). The summed E-state index contributed by atoms with van der Waals surface area (Å²) in [5.41, 5.74) is 1.02. The molecule has 0 spiro atoms. The second kappa shape index (κ2) is 8.65. The predicted molar refractivity (Wildman–Crippen MR) is 66.1 cm³/mol. The van der Waals surface area contributed by atoms with Crippen LogP contribution < -0.4 is 18.6 Å². The van der Waals surface area contributed by atoms with Crippen molar-refractivity contribution in [2.75, 3.05) is 14.1 Å². The Morgan fingerprint density at radius 2 is 1.58 bits per heavy atom. The summed E-state index contributed by atoms with van der Waals surface area (Å²) in [6.45, 7) is 0. The van der Waals surface area contributed by atoms with E-state index in [1.165, 1.54) is 0 Å². The highest BCUT2D eigenvalue weighted by Crippen LogP contribution is 2.20. The topological polar surface area (TPSA) is 95.2 Å². The van der Waals surface area contributed by atoms with E-state index >= 15 is 0 Å². The first kappa shape index (κ1) is 18.5. The third-order valence-electron chi connectivity index (χ3n) is 1.64. The summed E-state index contributed by atoms with van der Waals surface area (Å²) < 4.78 is 37.0. The summed E-state index contributed by atoms with van der Waals surface area (Å²) in [4.78, 5) is 0. The monoisotopic (exact) mass is 371 g/mol. The molecular formula is C11H12BrCl2NO4. The zero-order valence-corrected chi connectivity index (χ0v) is 13.3. The number of rotatable bonds is 2. The smallest absolute Gasteiger partial charge is 0.164 e. The lowest BCUT2D eigenvalue weighted by molar-refractivity contribution is -2.00. The highest BCUT2D eigenvalue weighted by molar-refractivity contribution is 9.10. The maximum Gasteiger partial charge on any atom is 0.164 e. The lowest BCUT2D eigenvalue weighted by atomic mass is 10.2. The van der Waals surface area contributed by atoms with Crippen molar-refractivity contribution in [1.82, 2.24) is 0 Å². The number of nitrogens with zero attached hydrogens (tertiary/aromatic N) is 1. The van der Waals surface area contributed by atoms with E-state index < -0.39 is 10.2 Å². The number of halogens is 3. The Kier molecular flexibility index (Phi) is 8.44. The van der Waals surface area contributed by atoms with E-state index in [1.807, 2.05) is 55.2 Å². The van der Waals surface area contributed by atoms with Crippen LogP contribution in [0.5, 0.6) is 0 Å². The quantitative estimate of drug-likeness (QED) is 0.472. The molecule has 0 saturated heterocycles. The zero-order chi connectivity index (χ0) is 15.1. The predicted octanol–water partition coefficient (Wildman–Crippen LogP) is -1.38. The van der Waals surface area contributed by atoms with Gasteiger partial charge in [-0.05, 0) is 17.7 Å².